The lowest BCUT2D eigenvalue weighted by Crippen LogP contribution is -2.48. The molecule has 3 rings (SSSR count). The Morgan fingerprint density at radius 1 is 1.22 bits per heavy atom. The molecule has 0 radical (unpaired) electrons. The van der Waals surface area contributed by atoms with Crippen LogP contribution in [0.3, 0.4) is 0 Å². The summed E-state index contributed by atoms with van der Waals surface area (Å²) >= 11 is 6.14. The minimum absolute atomic E-state index is 0. The molecule has 0 spiro atoms. The molecule has 2 fully saturated rings. The summed E-state index contributed by atoms with van der Waals surface area (Å²) in [7, 11) is 0. The molecule has 7 heteroatoms. The summed E-state index contributed by atoms with van der Waals surface area (Å²) in [5.74, 6) is 0.928. The number of nitrogens with zero attached hydrogens (tertiary/aromatic N) is 2. The number of piperazine rings is 1. The van der Waals surface area contributed by atoms with Crippen LogP contribution >= 0.6 is 24.0 Å². The molecule has 0 aliphatic carbocycles. The Balaban J connectivity index is 0.00000261. The Hall–Kier alpha value is -1.30. The number of likely N-dealkylation sites (tertiary alicyclic amines) is 1. The van der Waals surface area contributed by atoms with E-state index in [0.29, 0.717) is 17.4 Å². The Morgan fingerprint density at radius 3 is 2.63 bits per heavy atom. The van der Waals surface area contributed by atoms with Crippen molar-refractivity contribution in [2.24, 2.45) is 5.92 Å². The first-order valence-corrected chi connectivity index (χ1v) is 9.93. The second-order valence-electron chi connectivity index (χ2n) is 7.35. The standard InChI is InChI=1S/C20H28ClN3O2.ClH/c1-15(25)23-10-7-16(8-11-23)5-6-20(26)24-12-9-22-14-19(24)17-3-2-4-18(21)13-17;/h2-4,13,16,19,22H,5-12,14H2,1H3;1H. The fourth-order valence-electron chi connectivity index (χ4n) is 4.02. The minimum Gasteiger partial charge on any atom is -0.343 e. The molecule has 2 aliphatic heterocycles. The van der Waals surface area contributed by atoms with Crippen molar-refractivity contribution in [3.05, 3.63) is 34.9 Å². The number of rotatable bonds is 4. The molecule has 1 atom stereocenters. The fraction of sp³-hybridized carbons (Fsp3) is 0.600. The van der Waals surface area contributed by atoms with Gasteiger partial charge in [-0.05, 0) is 42.9 Å². The zero-order valence-electron chi connectivity index (χ0n) is 15.8. The predicted molar refractivity (Wildman–Crippen MR) is 110 cm³/mol. The number of carbonyl (C=O) groups is 2. The van der Waals surface area contributed by atoms with Crippen molar-refractivity contribution in [3.63, 3.8) is 0 Å². The minimum atomic E-state index is 0. The van der Waals surface area contributed by atoms with E-state index in [9.17, 15) is 9.59 Å². The molecular formula is C20H29Cl2N3O2. The van der Waals surface area contributed by atoms with Gasteiger partial charge >= 0.3 is 0 Å². The number of nitrogens with one attached hydrogen (secondary N) is 1. The highest BCUT2D eigenvalue weighted by Gasteiger charge is 2.29. The molecule has 5 nitrogen and oxygen atoms in total. The van der Waals surface area contributed by atoms with Crippen LogP contribution in [0.15, 0.2) is 24.3 Å². The summed E-state index contributed by atoms with van der Waals surface area (Å²) in [4.78, 5) is 28.2. The normalized spacial score (nSPS) is 20.9. The van der Waals surface area contributed by atoms with Gasteiger partial charge in [0, 0.05) is 51.1 Å². The van der Waals surface area contributed by atoms with Gasteiger partial charge in [0.05, 0.1) is 6.04 Å². The van der Waals surface area contributed by atoms with Crippen molar-refractivity contribution < 1.29 is 9.59 Å². The first-order chi connectivity index (χ1) is 12.5. The highest BCUT2D eigenvalue weighted by molar-refractivity contribution is 6.30. The molecule has 0 bridgehead atoms. The number of hydrogen-bond acceptors (Lipinski definition) is 3. The first-order valence-electron chi connectivity index (χ1n) is 9.56. The molecule has 1 N–H and O–H groups in total. The van der Waals surface area contributed by atoms with Gasteiger partial charge < -0.3 is 15.1 Å². The number of piperidine rings is 1. The van der Waals surface area contributed by atoms with Crippen LogP contribution in [-0.2, 0) is 9.59 Å². The number of benzene rings is 1. The molecule has 0 saturated carbocycles. The molecule has 0 aromatic heterocycles. The van der Waals surface area contributed by atoms with Crippen LogP contribution < -0.4 is 5.32 Å². The number of halogens is 2. The third-order valence-corrected chi connectivity index (χ3v) is 5.86. The topological polar surface area (TPSA) is 52.7 Å². The van der Waals surface area contributed by atoms with E-state index < -0.39 is 0 Å². The van der Waals surface area contributed by atoms with Gasteiger partial charge in [-0.15, -0.1) is 12.4 Å². The third kappa shape index (κ3) is 5.84. The zero-order chi connectivity index (χ0) is 18.5. The fourth-order valence-corrected chi connectivity index (χ4v) is 4.22. The Kier molecular flexibility index (Phi) is 8.39. The zero-order valence-corrected chi connectivity index (χ0v) is 17.4. The van der Waals surface area contributed by atoms with Gasteiger partial charge in [0.1, 0.15) is 0 Å². The van der Waals surface area contributed by atoms with Gasteiger partial charge in [-0.2, -0.15) is 0 Å². The molecule has 1 unspecified atom stereocenters. The van der Waals surface area contributed by atoms with E-state index in [0.717, 1.165) is 57.5 Å². The van der Waals surface area contributed by atoms with E-state index in [1.54, 1.807) is 6.92 Å². The lowest BCUT2D eigenvalue weighted by Gasteiger charge is -2.37. The summed E-state index contributed by atoms with van der Waals surface area (Å²) in [5, 5.41) is 4.09. The second-order valence-corrected chi connectivity index (χ2v) is 7.79. The van der Waals surface area contributed by atoms with Crippen molar-refractivity contribution in [1.82, 2.24) is 15.1 Å². The van der Waals surface area contributed by atoms with Crippen molar-refractivity contribution >= 4 is 35.8 Å². The Morgan fingerprint density at radius 2 is 1.96 bits per heavy atom. The van der Waals surface area contributed by atoms with E-state index in [4.69, 9.17) is 11.6 Å². The van der Waals surface area contributed by atoms with Crippen molar-refractivity contribution in [2.45, 2.75) is 38.6 Å². The molecule has 2 heterocycles. The van der Waals surface area contributed by atoms with Crippen LogP contribution in [0, 0.1) is 5.92 Å². The largest absolute Gasteiger partial charge is 0.343 e. The van der Waals surface area contributed by atoms with E-state index in [2.05, 4.69) is 5.32 Å². The first kappa shape index (κ1) is 22.0. The predicted octanol–water partition coefficient (Wildman–Crippen LogP) is 3.27. The Labute approximate surface area is 172 Å². The lowest BCUT2D eigenvalue weighted by atomic mass is 9.91. The summed E-state index contributed by atoms with van der Waals surface area (Å²) in [5.41, 5.74) is 1.09. The van der Waals surface area contributed by atoms with E-state index in [1.807, 2.05) is 34.1 Å². The highest BCUT2D eigenvalue weighted by atomic mass is 35.5. The van der Waals surface area contributed by atoms with Crippen molar-refractivity contribution in [1.29, 1.82) is 0 Å². The van der Waals surface area contributed by atoms with Gasteiger partial charge in [0.15, 0.2) is 0 Å². The van der Waals surface area contributed by atoms with Gasteiger partial charge in [-0.25, -0.2) is 0 Å². The van der Waals surface area contributed by atoms with Gasteiger partial charge in [0.25, 0.3) is 0 Å². The van der Waals surface area contributed by atoms with E-state index in [-0.39, 0.29) is 30.3 Å². The maximum atomic E-state index is 12.9. The number of hydrogen-bond donors (Lipinski definition) is 1. The van der Waals surface area contributed by atoms with Crippen LogP contribution in [0.1, 0.15) is 44.2 Å². The second kappa shape index (κ2) is 10.3. The molecule has 27 heavy (non-hydrogen) atoms. The third-order valence-electron chi connectivity index (χ3n) is 5.62. The number of carbonyl (C=O) groups excluding carboxylic acids is 2. The summed E-state index contributed by atoms with van der Waals surface area (Å²) in [6.45, 7) is 5.62. The highest BCUT2D eigenvalue weighted by Crippen LogP contribution is 2.27. The van der Waals surface area contributed by atoms with E-state index in [1.165, 1.54) is 0 Å². The summed E-state index contributed by atoms with van der Waals surface area (Å²) in [6, 6.07) is 7.85. The Bertz CT molecular complexity index is 648. The average Bonchev–Trinajstić information content (AvgIpc) is 2.66. The maximum Gasteiger partial charge on any atom is 0.223 e. The van der Waals surface area contributed by atoms with Crippen LogP contribution in [0.25, 0.3) is 0 Å². The summed E-state index contributed by atoms with van der Waals surface area (Å²) < 4.78 is 0. The summed E-state index contributed by atoms with van der Waals surface area (Å²) in [6.07, 6.45) is 3.51. The molecule has 2 saturated heterocycles. The molecule has 150 valence electrons. The van der Waals surface area contributed by atoms with Crippen molar-refractivity contribution in [3.8, 4) is 0 Å². The molecule has 2 aliphatic rings. The van der Waals surface area contributed by atoms with Crippen LogP contribution in [0.4, 0.5) is 0 Å². The molecule has 1 aromatic carbocycles. The average molecular weight is 414 g/mol. The van der Waals surface area contributed by atoms with Crippen LogP contribution in [-0.4, -0.2) is 54.3 Å². The number of amides is 2. The van der Waals surface area contributed by atoms with Crippen LogP contribution in [0.2, 0.25) is 5.02 Å². The van der Waals surface area contributed by atoms with Crippen LogP contribution in [0.5, 0.6) is 0 Å². The van der Waals surface area contributed by atoms with Gasteiger partial charge in [-0.3, -0.25) is 9.59 Å². The molecular weight excluding hydrogens is 385 g/mol. The van der Waals surface area contributed by atoms with Gasteiger partial charge in [0.2, 0.25) is 11.8 Å². The van der Waals surface area contributed by atoms with E-state index >= 15 is 0 Å². The lowest BCUT2D eigenvalue weighted by molar-refractivity contribution is -0.135. The smallest absolute Gasteiger partial charge is 0.223 e. The van der Waals surface area contributed by atoms with Gasteiger partial charge in [-0.1, -0.05) is 23.7 Å². The molecule has 2 amide bonds. The van der Waals surface area contributed by atoms with Crippen molar-refractivity contribution in [2.75, 3.05) is 32.7 Å². The SMILES string of the molecule is CC(=O)N1CCC(CCC(=O)N2CCNCC2c2cccc(Cl)c2)CC1.Cl. The molecule has 1 aromatic rings. The monoisotopic (exact) mass is 413 g/mol. The quantitative estimate of drug-likeness (QED) is 0.823. The maximum absolute atomic E-state index is 12.9.